The number of rotatable bonds is 8. The standard InChI is InChI=1S/C20H33N9O4/c1-3-11(2)16-19(33)25-9-15(30)27-13(5-4-6-24-20(21)22)17(31)28-14(18(32)29-16)7-12-8-23-10-26-12/h8,10-11,13-14,16H,3-7,9H2,1-2H3,(H,23,26)(H,25,33)(H,27,30)(H,28,31)(H,29,32)(H4,21,22,24)/t11-,13-,14-,16-/m0/s1. The molecule has 0 aliphatic carbocycles. The van der Waals surface area contributed by atoms with Gasteiger partial charge in [-0.25, -0.2) is 4.98 Å². The van der Waals surface area contributed by atoms with E-state index in [1.807, 2.05) is 13.8 Å². The Labute approximate surface area is 191 Å². The van der Waals surface area contributed by atoms with Gasteiger partial charge in [-0.3, -0.25) is 24.2 Å². The van der Waals surface area contributed by atoms with Crippen LogP contribution in [0.5, 0.6) is 0 Å². The van der Waals surface area contributed by atoms with Gasteiger partial charge in [0.1, 0.15) is 18.1 Å². The molecule has 0 bridgehead atoms. The SMILES string of the molecule is CC[C@H](C)[C@@H]1NC(=O)[C@H](Cc2cnc[nH]2)NC(=O)[C@H](CCCN=C(N)N)NC(=O)CNC1=O. The first-order valence-corrected chi connectivity index (χ1v) is 10.9. The molecule has 33 heavy (non-hydrogen) atoms. The van der Waals surface area contributed by atoms with Gasteiger partial charge >= 0.3 is 0 Å². The van der Waals surface area contributed by atoms with E-state index in [9.17, 15) is 19.2 Å². The summed E-state index contributed by atoms with van der Waals surface area (Å²) in [6.45, 7) is 3.67. The highest BCUT2D eigenvalue weighted by Crippen LogP contribution is 2.10. The summed E-state index contributed by atoms with van der Waals surface area (Å²) in [5.41, 5.74) is 11.3. The fourth-order valence-electron chi connectivity index (χ4n) is 3.35. The predicted molar refractivity (Wildman–Crippen MR) is 120 cm³/mol. The van der Waals surface area contributed by atoms with Gasteiger partial charge < -0.3 is 37.7 Å². The zero-order valence-electron chi connectivity index (χ0n) is 18.9. The van der Waals surface area contributed by atoms with E-state index in [1.54, 1.807) is 6.20 Å². The first kappa shape index (κ1) is 25.6. The molecule has 13 heteroatoms. The summed E-state index contributed by atoms with van der Waals surface area (Å²) >= 11 is 0. The van der Waals surface area contributed by atoms with Crippen LogP contribution in [-0.2, 0) is 25.6 Å². The molecule has 1 aliphatic rings. The van der Waals surface area contributed by atoms with Crippen molar-refractivity contribution in [3.05, 3.63) is 18.2 Å². The quantitative estimate of drug-likeness (QED) is 0.126. The molecule has 182 valence electrons. The van der Waals surface area contributed by atoms with E-state index >= 15 is 0 Å². The second-order valence-electron chi connectivity index (χ2n) is 8.00. The lowest BCUT2D eigenvalue weighted by Crippen LogP contribution is -2.60. The van der Waals surface area contributed by atoms with Crippen molar-refractivity contribution in [1.29, 1.82) is 0 Å². The zero-order valence-corrected chi connectivity index (χ0v) is 18.9. The molecule has 13 nitrogen and oxygen atoms in total. The maximum Gasteiger partial charge on any atom is 0.243 e. The normalized spacial score (nSPS) is 23.2. The molecule has 1 aliphatic heterocycles. The van der Waals surface area contributed by atoms with Crippen molar-refractivity contribution in [3.8, 4) is 0 Å². The Balaban J connectivity index is 2.26. The Morgan fingerprint density at radius 3 is 2.48 bits per heavy atom. The van der Waals surface area contributed by atoms with E-state index in [1.165, 1.54) is 6.33 Å². The van der Waals surface area contributed by atoms with Gasteiger partial charge in [-0.2, -0.15) is 0 Å². The van der Waals surface area contributed by atoms with Crippen molar-refractivity contribution in [3.63, 3.8) is 0 Å². The van der Waals surface area contributed by atoms with Crippen LogP contribution in [0.4, 0.5) is 0 Å². The number of guanidine groups is 1. The van der Waals surface area contributed by atoms with Crippen LogP contribution in [0.15, 0.2) is 17.5 Å². The number of nitrogens with one attached hydrogen (secondary N) is 5. The number of hydrogen-bond donors (Lipinski definition) is 7. The molecule has 0 radical (unpaired) electrons. The van der Waals surface area contributed by atoms with Crippen molar-refractivity contribution in [2.75, 3.05) is 13.1 Å². The van der Waals surface area contributed by atoms with Crippen molar-refractivity contribution < 1.29 is 19.2 Å². The van der Waals surface area contributed by atoms with Gasteiger partial charge in [-0.15, -0.1) is 0 Å². The largest absolute Gasteiger partial charge is 0.370 e. The monoisotopic (exact) mass is 463 g/mol. The van der Waals surface area contributed by atoms with E-state index < -0.39 is 41.8 Å². The topological polar surface area (TPSA) is 209 Å². The third kappa shape index (κ3) is 8.09. The van der Waals surface area contributed by atoms with Crippen LogP contribution in [0.1, 0.15) is 38.8 Å². The molecule has 1 saturated heterocycles. The first-order chi connectivity index (χ1) is 15.7. The number of aromatic amines is 1. The maximum atomic E-state index is 13.1. The Morgan fingerprint density at radius 1 is 1.12 bits per heavy atom. The molecule has 0 aromatic carbocycles. The van der Waals surface area contributed by atoms with Crippen LogP contribution in [0.3, 0.4) is 0 Å². The number of imidazole rings is 1. The molecule has 4 amide bonds. The number of H-pyrrole nitrogens is 1. The average Bonchev–Trinajstić information content (AvgIpc) is 3.29. The van der Waals surface area contributed by atoms with E-state index in [-0.39, 0.29) is 37.8 Å². The highest BCUT2D eigenvalue weighted by molar-refractivity contribution is 5.96. The van der Waals surface area contributed by atoms with E-state index in [0.29, 0.717) is 18.5 Å². The van der Waals surface area contributed by atoms with Crippen molar-refractivity contribution in [1.82, 2.24) is 31.2 Å². The van der Waals surface area contributed by atoms with Gasteiger partial charge in [0.05, 0.1) is 12.9 Å². The highest BCUT2D eigenvalue weighted by Gasteiger charge is 2.33. The molecule has 9 N–H and O–H groups in total. The number of amides is 4. The highest BCUT2D eigenvalue weighted by atomic mass is 16.2. The summed E-state index contributed by atoms with van der Waals surface area (Å²) in [7, 11) is 0. The Bertz CT molecular complexity index is 852. The van der Waals surface area contributed by atoms with Gasteiger partial charge in [0.2, 0.25) is 23.6 Å². The Morgan fingerprint density at radius 2 is 1.85 bits per heavy atom. The van der Waals surface area contributed by atoms with Crippen LogP contribution in [0, 0.1) is 5.92 Å². The summed E-state index contributed by atoms with van der Waals surface area (Å²) in [5, 5.41) is 10.6. The second-order valence-corrected chi connectivity index (χ2v) is 8.00. The van der Waals surface area contributed by atoms with Crippen LogP contribution < -0.4 is 32.7 Å². The molecule has 0 unspecified atom stereocenters. The lowest BCUT2D eigenvalue weighted by molar-refractivity contribution is -0.136. The van der Waals surface area contributed by atoms with Gasteiger partial charge in [-0.05, 0) is 18.8 Å². The van der Waals surface area contributed by atoms with Gasteiger partial charge in [0, 0.05) is 24.9 Å². The average molecular weight is 464 g/mol. The lowest BCUT2D eigenvalue weighted by atomic mass is 9.97. The number of nitrogens with two attached hydrogens (primary N) is 2. The van der Waals surface area contributed by atoms with E-state index in [2.05, 4.69) is 36.2 Å². The van der Waals surface area contributed by atoms with E-state index in [0.717, 1.165) is 0 Å². The van der Waals surface area contributed by atoms with Gasteiger partial charge in [0.15, 0.2) is 5.96 Å². The molecular formula is C20H33N9O4. The number of hydrogen-bond acceptors (Lipinski definition) is 6. The summed E-state index contributed by atoms with van der Waals surface area (Å²) in [5.74, 6) is -2.29. The number of carbonyl (C=O) groups excluding carboxylic acids is 4. The summed E-state index contributed by atoms with van der Waals surface area (Å²) in [6, 6.07) is -2.79. The minimum absolute atomic E-state index is 0.0722. The van der Waals surface area contributed by atoms with Crippen LogP contribution in [-0.4, -0.2) is 70.8 Å². The van der Waals surface area contributed by atoms with Crippen molar-refractivity contribution in [2.24, 2.45) is 22.4 Å². The van der Waals surface area contributed by atoms with Crippen LogP contribution >= 0.6 is 0 Å². The van der Waals surface area contributed by atoms with Crippen LogP contribution in [0.25, 0.3) is 0 Å². The first-order valence-electron chi connectivity index (χ1n) is 10.9. The van der Waals surface area contributed by atoms with Gasteiger partial charge in [0.25, 0.3) is 0 Å². The second kappa shape index (κ2) is 12.4. The lowest BCUT2D eigenvalue weighted by Gasteiger charge is -2.28. The van der Waals surface area contributed by atoms with Gasteiger partial charge in [-0.1, -0.05) is 20.3 Å². The Kier molecular flexibility index (Phi) is 9.63. The molecule has 1 aromatic rings. The molecule has 0 saturated carbocycles. The van der Waals surface area contributed by atoms with E-state index in [4.69, 9.17) is 11.5 Å². The molecule has 1 fully saturated rings. The molecular weight excluding hydrogens is 430 g/mol. The molecule has 0 spiro atoms. The number of nitrogens with zero attached hydrogens (tertiary/aromatic N) is 2. The number of aromatic nitrogens is 2. The summed E-state index contributed by atoms with van der Waals surface area (Å²) in [6.07, 6.45) is 4.41. The smallest absolute Gasteiger partial charge is 0.243 e. The molecule has 1 aromatic heterocycles. The minimum atomic E-state index is -0.992. The summed E-state index contributed by atoms with van der Waals surface area (Å²) in [4.78, 5) is 62.0. The number of carbonyl (C=O) groups is 4. The molecule has 2 rings (SSSR count). The van der Waals surface area contributed by atoms with Crippen LogP contribution in [0.2, 0.25) is 0 Å². The fourth-order valence-corrected chi connectivity index (χ4v) is 3.35. The molecule has 4 atom stereocenters. The zero-order chi connectivity index (χ0) is 24.4. The third-order valence-electron chi connectivity index (χ3n) is 5.43. The van der Waals surface area contributed by atoms with Crippen molar-refractivity contribution in [2.45, 2.75) is 57.7 Å². The molecule has 2 heterocycles. The maximum absolute atomic E-state index is 13.1. The third-order valence-corrected chi connectivity index (χ3v) is 5.43. The summed E-state index contributed by atoms with van der Waals surface area (Å²) < 4.78 is 0. The predicted octanol–water partition coefficient (Wildman–Crippen LogP) is -2.36. The Hall–Kier alpha value is -3.64. The van der Waals surface area contributed by atoms with Crippen molar-refractivity contribution >= 4 is 29.6 Å². The minimum Gasteiger partial charge on any atom is -0.370 e. The fraction of sp³-hybridized carbons (Fsp3) is 0.600. The number of aliphatic imine (C=N–C) groups is 1.